The van der Waals surface area contributed by atoms with Crippen LogP contribution in [0.15, 0.2) is 66.7 Å². The third kappa shape index (κ3) is 5.22. The molecule has 0 aliphatic rings. The average Bonchev–Trinajstić information content (AvgIpc) is 2.74. The van der Waals surface area contributed by atoms with E-state index in [4.69, 9.17) is 4.74 Å². The molecular formula is C21H19FN4O4. The zero-order valence-corrected chi connectivity index (χ0v) is 16.0. The first-order valence-corrected chi connectivity index (χ1v) is 8.94. The van der Waals surface area contributed by atoms with E-state index in [-0.39, 0.29) is 24.0 Å². The number of benzene rings is 3. The average molecular weight is 410 g/mol. The number of hydrogen-bond acceptors (Lipinski definition) is 6. The van der Waals surface area contributed by atoms with Crippen LogP contribution in [0.3, 0.4) is 0 Å². The lowest BCUT2D eigenvalue weighted by Crippen LogP contribution is -2.22. The molecule has 0 aromatic heterocycles. The molecule has 0 atom stereocenters. The van der Waals surface area contributed by atoms with Crippen LogP contribution >= 0.6 is 0 Å². The fourth-order valence-corrected chi connectivity index (χ4v) is 2.71. The van der Waals surface area contributed by atoms with Gasteiger partial charge in [0.2, 0.25) is 5.91 Å². The predicted molar refractivity (Wildman–Crippen MR) is 113 cm³/mol. The van der Waals surface area contributed by atoms with Crippen molar-refractivity contribution in [2.45, 2.75) is 0 Å². The highest BCUT2D eigenvalue weighted by atomic mass is 19.1. The number of methoxy groups -OCH3 is 1. The van der Waals surface area contributed by atoms with Gasteiger partial charge in [-0.25, -0.2) is 4.39 Å². The molecule has 0 unspecified atom stereocenters. The zero-order valence-electron chi connectivity index (χ0n) is 16.0. The second-order valence-electron chi connectivity index (χ2n) is 6.22. The second-order valence-corrected chi connectivity index (χ2v) is 6.22. The summed E-state index contributed by atoms with van der Waals surface area (Å²) in [6.45, 7) is -0.142. The van der Waals surface area contributed by atoms with Gasteiger partial charge in [0.05, 0.1) is 35.6 Å². The molecule has 0 saturated heterocycles. The smallest absolute Gasteiger partial charge is 0.271 e. The molecule has 0 radical (unpaired) electrons. The Balaban J connectivity index is 1.75. The van der Waals surface area contributed by atoms with Crippen LogP contribution in [-0.2, 0) is 4.79 Å². The van der Waals surface area contributed by atoms with Gasteiger partial charge in [0, 0.05) is 17.8 Å². The van der Waals surface area contributed by atoms with Gasteiger partial charge < -0.3 is 20.7 Å². The van der Waals surface area contributed by atoms with Crippen LogP contribution in [0.5, 0.6) is 5.75 Å². The van der Waals surface area contributed by atoms with Gasteiger partial charge in [-0.2, -0.15) is 0 Å². The zero-order chi connectivity index (χ0) is 21.5. The maximum atomic E-state index is 13.1. The molecule has 8 nitrogen and oxygen atoms in total. The minimum Gasteiger partial charge on any atom is -0.495 e. The molecule has 3 rings (SSSR count). The van der Waals surface area contributed by atoms with Crippen molar-refractivity contribution in [3.63, 3.8) is 0 Å². The molecule has 0 bridgehead atoms. The van der Waals surface area contributed by atoms with E-state index in [1.807, 2.05) is 0 Å². The molecule has 0 heterocycles. The molecular weight excluding hydrogens is 391 g/mol. The highest BCUT2D eigenvalue weighted by Crippen LogP contribution is 2.30. The Kier molecular flexibility index (Phi) is 6.43. The van der Waals surface area contributed by atoms with Crippen LogP contribution in [0.4, 0.5) is 32.8 Å². The fourth-order valence-electron chi connectivity index (χ4n) is 2.71. The number of nitro benzene ring substituents is 1. The lowest BCUT2D eigenvalue weighted by atomic mass is 10.2. The number of carbonyl (C=O) groups is 1. The monoisotopic (exact) mass is 410 g/mol. The van der Waals surface area contributed by atoms with E-state index in [0.29, 0.717) is 28.5 Å². The summed E-state index contributed by atoms with van der Waals surface area (Å²) in [5.41, 5.74) is 1.82. The molecule has 3 aromatic rings. The highest BCUT2D eigenvalue weighted by Gasteiger charge is 2.13. The van der Waals surface area contributed by atoms with E-state index in [1.165, 1.54) is 49.6 Å². The third-order valence-electron chi connectivity index (χ3n) is 4.16. The number of non-ortho nitro benzene ring substituents is 1. The van der Waals surface area contributed by atoms with Gasteiger partial charge in [0.1, 0.15) is 11.6 Å². The normalized spacial score (nSPS) is 10.2. The van der Waals surface area contributed by atoms with Crippen molar-refractivity contribution in [2.75, 3.05) is 29.6 Å². The van der Waals surface area contributed by atoms with Crippen molar-refractivity contribution in [3.05, 3.63) is 82.7 Å². The Bertz CT molecular complexity index is 1060. The van der Waals surface area contributed by atoms with Gasteiger partial charge in [-0.3, -0.25) is 14.9 Å². The number of nitrogens with zero attached hydrogens (tertiary/aromatic N) is 1. The lowest BCUT2D eigenvalue weighted by molar-refractivity contribution is -0.384. The summed E-state index contributed by atoms with van der Waals surface area (Å²) in [4.78, 5) is 23.0. The number of rotatable bonds is 8. The topological polar surface area (TPSA) is 106 Å². The van der Waals surface area contributed by atoms with E-state index in [1.54, 1.807) is 24.3 Å². The summed E-state index contributed by atoms with van der Waals surface area (Å²) >= 11 is 0. The number of carbonyl (C=O) groups excluding carboxylic acids is 1. The quantitative estimate of drug-likeness (QED) is 0.372. The van der Waals surface area contributed by atoms with E-state index < -0.39 is 4.92 Å². The number of nitrogens with one attached hydrogen (secondary N) is 3. The van der Waals surface area contributed by atoms with Crippen LogP contribution in [0.1, 0.15) is 0 Å². The molecule has 9 heteroatoms. The number of anilines is 4. The van der Waals surface area contributed by atoms with Crippen LogP contribution in [0.25, 0.3) is 0 Å². The largest absolute Gasteiger partial charge is 0.495 e. The Labute approximate surface area is 171 Å². The maximum Gasteiger partial charge on any atom is 0.271 e. The van der Waals surface area contributed by atoms with Gasteiger partial charge in [0.15, 0.2) is 0 Å². The predicted octanol–water partition coefficient (Wildman–Crippen LogP) is 4.54. The molecule has 3 N–H and O–H groups in total. The van der Waals surface area contributed by atoms with Gasteiger partial charge in [-0.05, 0) is 42.5 Å². The number of ether oxygens (including phenoxy) is 1. The van der Waals surface area contributed by atoms with Gasteiger partial charge in [-0.1, -0.05) is 12.1 Å². The number of amides is 1. The molecule has 0 spiro atoms. The van der Waals surface area contributed by atoms with Gasteiger partial charge in [0.25, 0.3) is 5.69 Å². The molecule has 0 saturated carbocycles. The first kappa shape index (κ1) is 20.6. The molecule has 154 valence electrons. The summed E-state index contributed by atoms with van der Waals surface area (Å²) in [7, 11) is 1.50. The molecule has 3 aromatic carbocycles. The van der Waals surface area contributed by atoms with Crippen molar-refractivity contribution in [2.24, 2.45) is 0 Å². The summed E-state index contributed by atoms with van der Waals surface area (Å²) < 4.78 is 18.3. The number of hydrogen-bond donors (Lipinski definition) is 3. The molecule has 0 aliphatic heterocycles. The highest BCUT2D eigenvalue weighted by molar-refractivity contribution is 5.95. The van der Waals surface area contributed by atoms with Gasteiger partial charge >= 0.3 is 0 Å². The fraction of sp³-hybridized carbons (Fsp3) is 0.0952. The van der Waals surface area contributed by atoms with Crippen molar-refractivity contribution in [1.82, 2.24) is 0 Å². The van der Waals surface area contributed by atoms with E-state index in [2.05, 4.69) is 16.0 Å². The summed E-state index contributed by atoms with van der Waals surface area (Å²) in [5.74, 6) is -0.228. The Morgan fingerprint density at radius 1 is 1.03 bits per heavy atom. The first-order chi connectivity index (χ1) is 14.5. The van der Waals surface area contributed by atoms with Crippen molar-refractivity contribution in [1.29, 1.82) is 0 Å². The first-order valence-electron chi connectivity index (χ1n) is 8.94. The minimum atomic E-state index is -0.526. The molecule has 0 aliphatic carbocycles. The maximum absolute atomic E-state index is 13.1. The van der Waals surface area contributed by atoms with E-state index >= 15 is 0 Å². The van der Waals surface area contributed by atoms with E-state index in [0.717, 1.165) is 0 Å². The van der Waals surface area contributed by atoms with Crippen molar-refractivity contribution in [3.8, 4) is 5.75 Å². The van der Waals surface area contributed by atoms with Crippen LogP contribution in [0, 0.1) is 15.9 Å². The van der Waals surface area contributed by atoms with Gasteiger partial charge in [-0.15, -0.1) is 0 Å². The SMILES string of the molecule is COc1ccccc1NC(=O)CNc1cc([N+](=O)[O-])ccc1Nc1ccc(F)cc1. The Hall–Kier alpha value is -4.14. The van der Waals surface area contributed by atoms with Crippen LogP contribution in [0.2, 0.25) is 0 Å². The van der Waals surface area contributed by atoms with Crippen LogP contribution < -0.4 is 20.7 Å². The summed E-state index contributed by atoms with van der Waals surface area (Å²) in [6, 6.07) is 16.8. The van der Waals surface area contributed by atoms with E-state index in [9.17, 15) is 19.3 Å². The van der Waals surface area contributed by atoms with Crippen molar-refractivity contribution < 1.29 is 18.8 Å². The Morgan fingerprint density at radius 2 is 1.77 bits per heavy atom. The standard InChI is InChI=1S/C21H19FN4O4/c1-30-20-5-3-2-4-18(20)25-21(27)13-23-19-12-16(26(28)29)10-11-17(19)24-15-8-6-14(22)7-9-15/h2-12,23-24H,13H2,1H3,(H,25,27). The third-order valence-corrected chi connectivity index (χ3v) is 4.16. The summed E-state index contributed by atoms with van der Waals surface area (Å²) in [5, 5.41) is 19.8. The minimum absolute atomic E-state index is 0.132. The second kappa shape index (κ2) is 9.37. The number of nitro groups is 1. The lowest BCUT2D eigenvalue weighted by Gasteiger charge is -2.15. The number of para-hydroxylation sites is 2. The molecule has 0 fully saturated rings. The van der Waals surface area contributed by atoms with Crippen LogP contribution in [-0.4, -0.2) is 24.5 Å². The van der Waals surface area contributed by atoms with Crippen molar-refractivity contribution >= 4 is 34.3 Å². The molecule has 1 amide bonds. The Morgan fingerprint density at radius 3 is 2.47 bits per heavy atom. The molecule has 30 heavy (non-hydrogen) atoms. The summed E-state index contributed by atoms with van der Waals surface area (Å²) in [6.07, 6.45) is 0. The number of halogens is 1.